The maximum atomic E-state index is 14.0. The molecular weight excluding hydrogens is 773 g/mol. The third-order valence-corrected chi connectivity index (χ3v) is 22.8. The molecule has 2 atom stereocenters. The highest BCUT2D eigenvalue weighted by Crippen LogP contribution is 2.45. The first kappa shape index (κ1) is 47.5. The minimum atomic E-state index is -4.40. The van der Waals surface area contributed by atoms with E-state index < -0.39 is 83.6 Å². The molecular formula is C36H60N6O8S4. The van der Waals surface area contributed by atoms with Gasteiger partial charge in [-0.1, -0.05) is 113 Å². The van der Waals surface area contributed by atoms with E-state index >= 15 is 0 Å². The van der Waals surface area contributed by atoms with Crippen LogP contribution in [0, 0.1) is 11.8 Å². The fourth-order valence-electron chi connectivity index (χ4n) is 8.11. The minimum Gasteiger partial charge on any atom is -0.227 e. The molecule has 18 heteroatoms. The van der Waals surface area contributed by atoms with E-state index in [-0.39, 0.29) is 35.8 Å². The largest absolute Gasteiger partial charge is 0.227 e. The van der Waals surface area contributed by atoms with Gasteiger partial charge >= 0.3 is 0 Å². The lowest BCUT2D eigenvalue weighted by Gasteiger charge is -2.38. The summed E-state index contributed by atoms with van der Waals surface area (Å²) in [5.41, 5.74) is 18.4. The van der Waals surface area contributed by atoms with Gasteiger partial charge in [0.25, 0.3) is 0 Å². The van der Waals surface area contributed by atoms with Gasteiger partial charge in [0.15, 0.2) is 47.5 Å². The first-order valence-electron chi connectivity index (χ1n) is 19.0. The summed E-state index contributed by atoms with van der Waals surface area (Å²) in [5.74, 6) is -2.71. The van der Waals surface area contributed by atoms with Crippen molar-refractivity contribution in [1.82, 2.24) is 0 Å². The Morgan fingerprint density at radius 1 is 0.537 bits per heavy atom. The summed E-state index contributed by atoms with van der Waals surface area (Å²) in [6.07, 6.45) is 14.1. The predicted molar refractivity (Wildman–Crippen MR) is 217 cm³/mol. The van der Waals surface area contributed by atoms with Gasteiger partial charge in [0.1, 0.15) is 0 Å². The molecule has 2 rings (SSSR count). The quantitative estimate of drug-likeness (QED) is 0.0255. The fourth-order valence-corrected chi connectivity index (χ4v) is 18.4. The van der Waals surface area contributed by atoms with Crippen molar-refractivity contribution in [3.05, 3.63) is 70.5 Å². The van der Waals surface area contributed by atoms with E-state index in [2.05, 4.69) is 46.4 Å². The molecule has 306 valence electrons. The van der Waals surface area contributed by atoms with Crippen molar-refractivity contribution in [1.29, 1.82) is 0 Å². The summed E-state index contributed by atoms with van der Waals surface area (Å²) in [5, 5.41) is 6.98. The van der Waals surface area contributed by atoms with E-state index in [1.807, 2.05) is 0 Å². The van der Waals surface area contributed by atoms with E-state index in [9.17, 15) is 33.7 Å². The lowest BCUT2D eigenvalue weighted by atomic mass is 9.83. The Morgan fingerprint density at radius 3 is 1.11 bits per heavy atom. The van der Waals surface area contributed by atoms with E-state index in [1.54, 1.807) is 0 Å². The molecule has 14 nitrogen and oxygen atoms in total. The van der Waals surface area contributed by atoms with Crippen LogP contribution >= 0.6 is 0 Å². The van der Waals surface area contributed by atoms with Crippen LogP contribution in [-0.2, 0) is 39.3 Å². The lowest BCUT2D eigenvalue weighted by Crippen LogP contribution is -2.54. The molecule has 2 unspecified atom stereocenters. The van der Waals surface area contributed by atoms with Crippen LogP contribution < -0.4 is 0 Å². The van der Waals surface area contributed by atoms with Crippen LogP contribution in [0.15, 0.2) is 59.8 Å². The Bertz CT molecular complexity index is 1720. The Morgan fingerprint density at radius 2 is 0.833 bits per heavy atom. The van der Waals surface area contributed by atoms with E-state index in [0.29, 0.717) is 64.2 Å². The van der Waals surface area contributed by atoms with Crippen molar-refractivity contribution < 1.29 is 33.7 Å². The molecule has 0 aromatic carbocycles. The Hall–Kier alpha value is -2.62. The number of hydrogen-bond donors (Lipinski definition) is 0. The van der Waals surface area contributed by atoms with Crippen LogP contribution in [0.1, 0.15) is 116 Å². The SMILES string of the molecule is C=CCS(=O)(=O)C(CN=[N+]=[N-])(C(=C)C1CCCCC1)S(=O)(=O)CCCCCCCCCCS(=O)(=O)C(CN=[N+]=[N-])(C(=C)C1CCCCC1)S(=O)(=O)CC=C. The van der Waals surface area contributed by atoms with Crippen molar-refractivity contribution in [3.8, 4) is 0 Å². The van der Waals surface area contributed by atoms with Crippen molar-refractivity contribution in [2.24, 2.45) is 22.1 Å². The zero-order valence-electron chi connectivity index (χ0n) is 31.7. The smallest absolute Gasteiger partial charge is 0.199 e. The third-order valence-electron chi connectivity index (χ3n) is 11.1. The molecule has 0 saturated heterocycles. The van der Waals surface area contributed by atoms with Crippen molar-refractivity contribution in [2.45, 2.75) is 124 Å². The predicted octanol–water partition coefficient (Wildman–Crippen LogP) is 8.42. The Kier molecular flexibility index (Phi) is 19.0. The third kappa shape index (κ3) is 11.0. The van der Waals surface area contributed by atoms with E-state index in [1.165, 1.54) is 0 Å². The maximum absolute atomic E-state index is 14.0. The van der Waals surface area contributed by atoms with Crippen molar-refractivity contribution in [3.63, 3.8) is 0 Å². The second-order valence-electron chi connectivity index (χ2n) is 14.6. The Balaban J connectivity index is 2.06. The zero-order valence-corrected chi connectivity index (χ0v) is 35.0. The van der Waals surface area contributed by atoms with Gasteiger partial charge in [-0.2, -0.15) is 0 Å². The van der Waals surface area contributed by atoms with Gasteiger partial charge in [0.05, 0.1) is 36.1 Å². The highest BCUT2D eigenvalue weighted by Gasteiger charge is 2.58. The molecule has 54 heavy (non-hydrogen) atoms. The normalized spacial score (nSPS) is 18.6. The average molecular weight is 833 g/mol. The van der Waals surface area contributed by atoms with Gasteiger partial charge in [-0.3, -0.25) is 0 Å². The summed E-state index contributed by atoms with van der Waals surface area (Å²) in [6.45, 7) is 13.5. The van der Waals surface area contributed by atoms with Crippen molar-refractivity contribution >= 4 is 39.3 Å². The first-order chi connectivity index (χ1) is 25.5. The van der Waals surface area contributed by atoms with Crippen LogP contribution in [0.4, 0.5) is 0 Å². The molecule has 2 aliphatic rings. The monoisotopic (exact) mass is 832 g/mol. The number of sulfone groups is 4. The second-order valence-corrected chi connectivity index (χ2v) is 24.3. The lowest BCUT2D eigenvalue weighted by molar-refractivity contribution is 0.389. The molecule has 0 aliphatic heterocycles. The Labute approximate surface area is 324 Å². The molecule has 0 heterocycles. The maximum Gasteiger partial charge on any atom is 0.199 e. The number of unbranched alkanes of at least 4 members (excludes halogenated alkanes) is 7. The number of hydrogen-bond acceptors (Lipinski definition) is 10. The van der Waals surface area contributed by atoms with Gasteiger partial charge in [0, 0.05) is 9.82 Å². The average Bonchev–Trinajstić information content (AvgIpc) is 3.13. The summed E-state index contributed by atoms with van der Waals surface area (Å²) in [4.78, 5) is 5.43. The van der Waals surface area contributed by atoms with E-state index in [0.717, 1.165) is 50.7 Å². The number of rotatable bonds is 27. The second kappa shape index (κ2) is 21.6. The molecule has 2 aliphatic carbocycles. The molecule has 0 radical (unpaired) electrons. The number of azide groups is 2. The zero-order chi connectivity index (χ0) is 40.5. The summed E-state index contributed by atoms with van der Waals surface area (Å²) in [6, 6.07) is 0. The van der Waals surface area contributed by atoms with Gasteiger partial charge in [-0.05, 0) is 72.6 Å². The van der Waals surface area contributed by atoms with Crippen LogP contribution in [0.25, 0.3) is 20.9 Å². The summed E-state index contributed by atoms with van der Waals surface area (Å²) < 4.78 is 106. The number of nitrogens with zero attached hydrogens (tertiary/aromatic N) is 6. The summed E-state index contributed by atoms with van der Waals surface area (Å²) >= 11 is 0. The van der Waals surface area contributed by atoms with Crippen LogP contribution in [-0.4, -0.2) is 77.9 Å². The van der Waals surface area contributed by atoms with Crippen molar-refractivity contribution in [2.75, 3.05) is 36.1 Å². The van der Waals surface area contributed by atoms with Gasteiger partial charge in [0.2, 0.25) is 0 Å². The minimum absolute atomic E-state index is 0.0742. The highest BCUT2D eigenvalue weighted by molar-refractivity contribution is 8.11. The molecule has 0 bridgehead atoms. The van der Waals surface area contributed by atoms with Gasteiger partial charge < -0.3 is 0 Å². The molecule has 0 spiro atoms. The fraction of sp³-hybridized carbons (Fsp3) is 0.778. The van der Waals surface area contributed by atoms with Crippen LogP contribution in [0.2, 0.25) is 0 Å². The van der Waals surface area contributed by atoms with Gasteiger partial charge in [-0.25, -0.2) is 33.7 Å². The molecule has 0 amide bonds. The molecule has 2 fully saturated rings. The van der Waals surface area contributed by atoms with Crippen LogP contribution in [0.5, 0.6) is 0 Å². The standard InChI is InChI=1S/C36H60N6O8S4/c1-5-25-51(43,44)35(29-39-41-37,31(3)33-21-15-13-16-22-33)53(47,48)27-19-11-9-7-8-10-12-20-28-54(49,50)36(30-40-42-38,52(45,46)26-6-2)32(4)34-23-17-14-18-24-34/h5-6,33-34H,1-4,7-30H2. The van der Waals surface area contributed by atoms with Crippen LogP contribution in [0.3, 0.4) is 0 Å². The van der Waals surface area contributed by atoms with E-state index in [4.69, 9.17) is 11.1 Å². The molecule has 0 N–H and O–H groups in total. The topological polar surface area (TPSA) is 234 Å². The first-order valence-corrected chi connectivity index (χ1v) is 25.6. The highest BCUT2D eigenvalue weighted by atomic mass is 32.3. The van der Waals surface area contributed by atoms with Gasteiger partial charge in [-0.15, -0.1) is 13.2 Å². The molecule has 0 aromatic rings. The molecule has 2 saturated carbocycles. The molecule has 0 aromatic heterocycles. The summed E-state index contributed by atoms with van der Waals surface area (Å²) in [7, 11) is -17.6.